The molecule has 14 heavy (non-hydrogen) atoms. The van der Waals surface area contributed by atoms with Crippen molar-refractivity contribution in [3.8, 4) is 11.5 Å². The first-order valence-electron chi connectivity index (χ1n) is 4.41. The molecule has 1 saturated heterocycles. The third-order valence-electron chi connectivity index (χ3n) is 2.11. The molecular formula is C10H12O4. The van der Waals surface area contributed by atoms with Gasteiger partial charge in [0.05, 0.1) is 25.9 Å². The van der Waals surface area contributed by atoms with Crippen molar-refractivity contribution in [2.75, 3.05) is 20.3 Å². The maximum atomic E-state index is 9.58. The quantitative estimate of drug-likeness (QED) is 0.777. The van der Waals surface area contributed by atoms with Crippen molar-refractivity contribution in [2.24, 2.45) is 0 Å². The Bertz CT molecular complexity index is 318. The van der Waals surface area contributed by atoms with E-state index in [2.05, 4.69) is 0 Å². The third kappa shape index (κ3) is 1.66. The van der Waals surface area contributed by atoms with Gasteiger partial charge in [-0.25, -0.2) is 0 Å². The van der Waals surface area contributed by atoms with E-state index < -0.39 is 6.29 Å². The monoisotopic (exact) mass is 196 g/mol. The Morgan fingerprint density at radius 2 is 2.07 bits per heavy atom. The Morgan fingerprint density at radius 3 is 2.71 bits per heavy atom. The Morgan fingerprint density at radius 1 is 1.36 bits per heavy atom. The summed E-state index contributed by atoms with van der Waals surface area (Å²) in [5.74, 6) is 0.842. The zero-order valence-corrected chi connectivity index (χ0v) is 7.90. The number of ether oxygens (including phenoxy) is 3. The van der Waals surface area contributed by atoms with E-state index in [4.69, 9.17) is 14.2 Å². The molecule has 0 unspecified atom stereocenters. The predicted octanol–water partition coefficient (Wildman–Crippen LogP) is 1.45. The predicted molar refractivity (Wildman–Crippen MR) is 49.3 cm³/mol. The summed E-state index contributed by atoms with van der Waals surface area (Å²) >= 11 is 0. The van der Waals surface area contributed by atoms with E-state index in [0.717, 1.165) is 0 Å². The summed E-state index contributed by atoms with van der Waals surface area (Å²) in [5, 5.41) is 9.58. The van der Waals surface area contributed by atoms with Crippen molar-refractivity contribution < 1.29 is 19.3 Å². The molecule has 1 aromatic rings. The van der Waals surface area contributed by atoms with Crippen LogP contribution in [0.3, 0.4) is 0 Å². The lowest BCUT2D eigenvalue weighted by Gasteiger charge is -2.12. The van der Waals surface area contributed by atoms with Crippen LogP contribution < -0.4 is 4.74 Å². The number of benzene rings is 1. The zero-order valence-electron chi connectivity index (χ0n) is 7.90. The van der Waals surface area contributed by atoms with Gasteiger partial charge in [0.25, 0.3) is 0 Å². The van der Waals surface area contributed by atoms with E-state index >= 15 is 0 Å². The van der Waals surface area contributed by atoms with Crippen LogP contribution in [0.4, 0.5) is 0 Å². The van der Waals surface area contributed by atoms with Crippen LogP contribution in [0, 0.1) is 0 Å². The van der Waals surface area contributed by atoms with Gasteiger partial charge < -0.3 is 19.3 Å². The van der Waals surface area contributed by atoms with Crippen molar-refractivity contribution in [1.82, 2.24) is 0 Å². The Labute approximate surface area is 82.0 Å². The summed E-state index contributed by atoms with van der Waals surface area (Å²) in [7, 11) is 1.58. The molecule has 1 N–H and O–H groups in total. The molecule has 0 aliphatic carbocycles. The number of hydrogen-bond donors (Lipinski definition) is 1. The van der Waals surface area contributed by atoms with Crippen molar-refractivity contribution in [2.45, 2.75) is 6.29 Å². The van der Waals surface area contributed by atoms with Gasteiger partial charge in [-0.1, -0.05) is 0 Å². The Kier molecular flexibility index (Phi) is 2.56. The van der Waals surface area contributed by atoms with Gasteiger partial charge in [0.1, 0.15) is 11.5 Å². The normalized spacial score (nSPS) is 17.2. The summed E-state index contributed by atoms with van der Waals surface area (Å²) in [6.07, 6.45) is -0.468. The van der Waals surface area contributed by atoms with Gasteiger partial charge in [-0.3, -0.25) is 0 Å². The van der Waals surface area contributed by atoms with Crippen LogP contribution in [-0.2, 0) is 9.47 Å². The second-order valence-corrected chi connectivity index (χ2v) is 3.00. The Hall–Kier alpha value is -1.26. The van der Waals surface area contributed by atoms with Crippen molar-refractivity contribution >= 4 is 0 Å². The Balaban J connectivity index is 2.29. The van der Waals surface area contributed by atoms with Gasteiger partial charge in [0.2, 0.25) is 0 Å². The first-order valence-corrected chi connectivity index (χ1v) is 4.41. The van der Waals surface area contributed by atoms with E-state index in [1.807, 2.05) is 0 Å². The minimum absolute atomic E-state index is 0.165. The number of methoxy groups -OCH3 is 1. The van der Waals surface area contributed by atoms with Gasteiger partial charge >= 0.3 is 0 Å². The maximum absolute atomic E-state index is 9.58. The first-order chi connectivity index (χ1) is 6.81. The highest BCUT2D eigenvalue weighted by molar-refractivity contribution is 5.40. The molecule has 76 valence electrons. The van der Waals surface area contributed by atoms with E-state index in [1.165, 1.54) is 0 Å². The number of phenols is 1. The van der Waals surface area contributed by atoms with Gasteiger partial charge in [-0.15, -0.1) is 0 Å². The van der Waals surface area contributed by atoms with Crippen LogP contribution in [0.1, 0.15) is 11.9 Å². The average molecular weight is 196 g/mol. The van der Waals surface area contributed by atoms with E-state index in [0.29, 0.717) is 24.5 Å². The molecule has 0 bridgehead atoms. The van der Waals surface area contributed by atoms with E-state index in [-0.39, 0.29) is 5.75 Å². The lowest BCUT2D eigenvalue weighted by atomic mass is 10.2. The smallest absolute Gasteiger partial charge is 0.187 e. The lowest BCUT2D eigenvalue weighted by Crippen LogP contribution is -1.99. The number of aromatic hydroxyl groups is 1. The van der Waals surface area contributed by atoms with Crippen molar-refractivity contribution in [3.05, 3.63) is 23.8 Å². The van der Waals surface area contributed by atoms with Gasteiger partial charge in [-0.2, -0.15) is 0 Å². The molecule has 0 aromatic heterocycles. The van der Waals surface area contributed by atoms with Crippen LogP contribution in [-0.4, -0.2) is 25.4 Å². The molecule has 4 nitrogen and oxygen atoms in total. The lowest BCUT2D eigenvalue weighted by molar-refractivity contribution is -0.0455. The van der Waals surface area contributed by atoms with Crippen LogP contribution >= 0.6 is 0 Å². The van der Waals surface area contributed by atoms with Crippen LogP contribution in [0.15, 0.2) is 18.2 Å². The summed E-state index contributed by atoms with van der Waals surface area (Å²) < 4.78 is 15.6. The summed E-state index contributed by atoms with van der Waals surface area (Å²) in [4.78, 5) is 0. The molecule has 1 aromatic carbocycles. The topological polar surface area (TPSA) is 47.9 Å². The fourth-order valence-electron chi connectivity index (χ4n) is 1.39. The van der Waals surface area contributed by atoms with Crippen LogP contribution in [0.5, 0.6) is 11.5 Å². The summed E-state index contributed by atoms with van der Waals surface area (Å²) in [6.45, 7) is 1.11. The SMILES string of the molecule is COc1ccc(O)c(C2OCCO2)c1. The molecule has 1 heterocycles. The molecule has 0 amide bonds. The second-order valence-electron chi connectivity index (χ2n) is 3.00. The molecule has 0 spiro atoms. The standard InChI is InChI=1S/C10H12O4/c1-12-7-2-3-9(11)8(6-7)10-13-4-5-14-10/h2-3,6,10-11H,4-5H2,1H3. The molecule has 2 rings (SSSR count). The van der Waals surface area contributed by atoms with E-state index in [9.17, 15) is 5.11 Å². The van der Waals surface area contributed by atoms with Gasteiger partial charge in [0, 0.05) is 0 Å². The second kappa shape index (κ2) is 3.86. The van der Waals surface area contributed by atoms with Crippen LogP contribution in [0.25, 0.3) is 0 Å². The van der Waals surface area contributed by atoms with Crippen molar-refractivity contribution in [1.29, 1.82) is 0 Å². The van der Waals surface area contributed by atoms with Crippen LogP contribution in [0.2, 0.25) is 0 Å². The minimum Gasteiger partial charge on any atom is -0.507 e. The molecule has 1 aliphatic heterocycles. The molecule has 0 atom stereocenters. The highest BCUT2D eigenvalue weighted by atomic mass is 16.7. The molecule has 0 radical (unpaired) electrons. The number of rotatable bonds is 2. The fourth-order valence-corrected chi connectivity index (χ4v) is 1.39. The van der Waals surface area contributed by atoms with Gasteiger partial charge in [0.15, 0.2) is 6.29 Å². The van der Waals surface area contributed by atoms with Gasteiger partial charge in [-0.05, 0) is 18.2 Å². The highest BCUT2D eigenvalue weighted by Gasteiger charge is 2.21. The number of hydrogen-bond acceptors (Lipinski definition) is 4. The summed E-state index contributed by atoms with van der Waals surface area (Å²) in [6, 6.07) is 4.97. The van der Waals surface area contributed by atoms with E-state index in [1.54, 1.807) is 25.3 Å². The number of phenolic OH excluding ortho intramolecular Hbond substituents is 1. The maximum Gasteiger partial charge on any atom is 0.187 e. The highest BCUT2D eigenvalue weighted by Crippen LogP contribution is 2.33. The summed E-state index contributed by atoms with van der Waals surface area (Å²) in [5.41, 5.74) is 0.613. The molecule has 4 heteroatoms. The average Bonchev–Trinajstić information content (AvgIpc) is 2.71. The fraction of sp³-hybridized carbons (Fsp3) is 0.400. The molecule has 0 saturated carbocycles. The third-order valence-corrected chi connectivity index (χ3v) is 2.11. The molecule has 1 fully saturated rings. The molecule has 1 aliphatic rings. The van der Waals surface area contributed by atoms with Crippen molar-refractivity contribution in [3.63, 3.8) is 0 Å². The largest absolute Gasteiger partial charge is 0.507 e. The zero-order chi connectivity index (χ0) is 9.97. The first kappa shape index (κ1) is 9.30. The minimum atomic E-state index is -0.468. The molecular weight excluding hydrogens is 184 g/mol.